The molecular weight excluding hydrogens is 186 g/mol. The minimum atomic E-state index is -0.315. The highest BCUT2D eigenvalue weighted by Gasteiger charge is 2.07. The number of nitrogens with zero attached hydrogens (tertiary/aromatic N) is 3. The monoisotopic (exact) mass is 197 g/mol. The van der Waals surface area contributed by atoms with Crippen LogP contribution in [0.1, 0.15) is 10.4 Å². The van der Waals surface area contributed by atoms with Gasteiger partial charge in [0.1, 0.15) is 0 Å². The van der Waals surface area contributed by atoms with Gasteiger partial charge in [-0.05, 0) is 0 Å². The van der Waals surface area contributed by atoms with Crippen LogP contribution < -0.4 is 11.1 Å². The van der Waals surface area contributed by atoms with Gasteiger partial charge in [0.05, 0.1) is 18.3 Å². The molecule has 0 fully saturated rings. The summed E-state index contributed by atoms with van der Waals surface area (Å²) in [5.41, 5.74) is 5.60. The topological polar surface area (TPSA) is 106 Å². The quantitative estimate of drug-likeness (QED) is 0.247. The van der Waals surface area contributed by atoms with Crippen LogP contribution in [0.5, 0.6) is 0 Å². The van der Waals surface area contributed by atoms with Gasteiger partial charge in [0, 0.05) is 13.2 Å². The van der Waals surface area contributed by atoms with Crippen molar-refractivity contribution in [2.24, 2.45) is 17.9 Å². The summed E-state index contributed by atoms with van der Waals surface area (Å²) in [5, 5.41) is 17.2. The fraction of sp³-hybridized carbons (Fsp3) is 0.286. The van der Waals surface area contributed by atoms with E-state index in [1.807, 2.05) is 0 Å². The van der Waals surface area contributed by atoms with E-state index in [0.29, 0.717) is 5.56 Å². The molecule has 14 heavy (non-hydrogen) atoms. The second-order valence-corrected chi connectivity index (χ2v) is 2.68. The number of hydrogen-bond acceptors (Lipinski definition) is 4. The fourth-order valence-corrected chi connectivity index (χ4v) is 0.847. The lowest BCUT2D eigenvalue weighted by Crippen LogP contribution is -2.33. The molecule has 0 saturated carbocycles. The van der Waals surface area contributed by atoms with Gasteiger partial charge in [-0.15, -0.1) is 0 Å². The van der Waals surface area contributed by atoms with E-state index in [4.69, 9.17) is 10.9 Å². The summed E-state index contributed by atoms with van der Waals surface area (Å²) in [6, 6.07) is 0. The third kappa shape index (κ3) is 2.47. The molecular formula is C7H11N5O2. The lowest BCUT2D eigenvalue weighted by molar-refractivity contribution is 0.0959. The molecule has 0 unspecified atom stereocenters. The lowest BCUT2D eigenvalue weighted by atomic mass is 10.3. The first-order chi connectivity index (χ1) is 6.63. The first kappa shape index (κ1) is 10.0. The van der Waals surface area contributed by atoms with Crippen LogP contribution in [0.25, 0.3) is 0 Å². The number of aryl methyl sites for hydroxylation is 1. The van der Waals surface area contributed by atoms with Crippen molar-refractivity contribution in [2.45, 2.75) is 0 Å². The number of aromatic nitrogens is 2. The molecule has 1 aromatic heterocycles. The highest BCUT2D eigenvalue weighted by molar-refractivity contribution is 5.96. The molecule has 0 aliphatic rings. The van der Waals surface area contributed by atoms with Gasteiger partial charge < -0.3 is 16.3 Å². The Kier molecular flexibility index (Phi) is 3.05. The van der Waals surface area contributed by atoms with Gasteiger partial charge in [0.2, 0.25) is 0 Å². The van der Waals surface area contributed by atoms with Crippen molar-refractivity contribution < 1.29 is 10.0 Å². The molecule has 0 aliphatic carbocycles. The van der Waals surface area contributed by atoms with E-state index in [0.717, 1.165) is 0 Å². The smallest absolute Gasteiger partial charge is 0.254 e. The molecule has 1 aromatic rings. The number of rotatable bonds is 3. The molecule has 0 aromatic carbocycles. The van der Waals surface area contributed by atoms with E-state index < -0.39 is 0 Å². The number of carbonyl (C=O) groups excluding carboxylic acids is 1. The molecule has 1 amide bonds. The first-order valence-corrected chi connectivity index (χ1v) is 3.86. The number of carbonyl (C=O) groups is 1. The molecule has 0 spiro atoms. The molecule has 4 N–H and O–H groups in total. The molecule has 0 radical (unpaired) electrons. The maximum Gasteiger partial charge on any atom is 0.254 e. The summed E-state index contributed by atoms with van der Waals surface area (Å²) in [4.78, 5) is 11.3. The molecule has 0 atom stereocenters. The Hall–Kier alpha value is -2.05. The third-order valence-electron chi connectivity index (χ3n) is 1.53. The van der Waals surface area contributed by atoms with Crippen LogP contribution in [0.2, 0.25) is 0 Å². The minimum Gasteiger partial charge on any atom is -0.409 e. The number of hydrogen-bond donors (Lipinski definition) is 3. The van der Waals surface area contributed by atoms with Crippen LogP contribution in [-0.2, 0) is 7.05 Å². The second kappa shape index (κ2) is 4.26. The number of nitrogens with two attached hydrogens (primary N) is 1. The highest BCUT2D eigenvalue weighted by atomic mass is 16.4. The largest absolute Gasteiger partial charge is 0.409 e. The number of amidine groups is 1. The van der Waals surface area contributed by atoms with Crippen molar-refractivity contribution >= 4 is 11.7 Å². The summed E-state index contributed by atoms with van der Waals surface area (Å²) in [6.07, 6.45) is 3.00. The predicted molar refractivity (Wildman–Crippen MR) is 49.0 cm³/mol. The zero-order chi connectivity index (χ0) is 10.6. The number of oxime groups is 1. The molecule has 1 rings (SSSR count). The van der Waals surface area contributed by atoms with Crippen molar-refractivity contribution in [3.8, 4) is 0 Å². The third-order valence-corrected chi connectivity index (χ3v) is 1.53. The fourth-order valence-electron chi connectivity index (χ4n) is 0.847. The normalized spacial score (nSPS) is 11.4. The Balaban J connectivity index is 2.51. The Morgan fingerprint density at radius 3 is 3.07 bits per heavy atom. The molecule has 0 bridgehead atoms. The SMILES string of the molecule is Cn1cc(C(=O)NC/C(N)=N/O)cn1. The van der Waals surface area contributed by atoms with Crippen molar-refractivity contribution in [3.05, 3.63) is 18.0 Å². The Labute approximate surface area is 80.2 Å². The van der Waals surface area contributed by atoms with Gasteiger partial charge in [0.15, 0.2) is 5.84 Å². The molecule has 0 aliphatic heterocycles. The lowest BCUT2D eigenvalue weighted by Gasteiger charge is -2.00. The highest BCUT2D eigenvalue weighted by Crippen LogP contribution is 1.94. The van der Waals surface area contributed by atoms with E-state index >= 15 is 0 Å². The van der Waals surface area contributed by atoms with Crippen molar-refractivity contribution in [1.29, 1.82) is 0 Å². The van der Waals surface area contributed by atoms with Gasteiger partial charge in [-0.2, -0.15) is 5.10 Å². The molecule has 76 valence electrons. The van der Waals surface area contributed by atoms with Gasteiger partial charge in [-0.25, -0.2) is 0 Å². The first-order valence-electron chi connectivity index (χ1n) is 3.86. The van der Waals surface area contributed by atoms with Crippen molar-refractivity contribution in [2.75, 3.05) is 6.54 Å². The summed E-state index contributed by atoms with van der Waals surface area (Å²) in [5.74, 6) is -0.369. The number of amides is 1. The van der Waals surface area contributed by atoms with Crippen LogP contribution in [0.15, 0.2) is 17.5 Å². The Morgan fingerprint density at radius 2 is 2.57 bits per heavy atom. The molecule has 7 nitrogen and oxygen atoms in total. The average molecular weight is 197 g/mol. The van der Waals surface area contributed by atoms with E-state index in [9.17, 15) is 4.79 Å². The van der Waals surface area contributed by atoms with Crippen LogP contribution >= 0.6 is 0 Å². The molecule has 7 heteroatoms. The van der Waals surface area contributed by atoms with E-state index in [2.05, 4.69) is 15.6 Å². The van der Waals surface area contributed by atoms with E-state index in [1.54, 1.807) is 13.2 Å². The van der Waals surface area contributed by atoms with Crippen LogP contribution in [0.3, 0.4) is 0 Å². The minimum absolute atomic E-state index is 0.00419. The maximum absolute atomic E-state index is 11.3. The Bertz CT molecular complexity index is 357. The summed E-state index contributed by atoms with van der Waals surface area (Å²) < 4.78 is 1.51. The zero-order valence-corrected chi connectivity index (χ0v) is 7.64. The molecule has 0 saturated heterocycles. The zero-order valence-electron chi connectivity index (χ0n) is 7.64. The predicted octanol–water partition coefficient (Wildman–Crippen LogP) is -1.10. The summed E-state index contributed by atoms with van der Waals surface area (Å²) in [7, 11) is 1.71. The van der Waals surface area contributed by atoms with Gasteiger partial charge in [-0.1, -0.05) is 5.16 Å². The van der Waals surface area contributed by atoms with Crippen molar-refractivity contribution in [1.82, 2.24) is 15.1 Å². The summed E-state index contributed by atoms with van der Waals surface area (Å²) in [6.45, 7) is 0.00419. The maximum atomic E-state index is 11.3. The summed E-state index contributed by atoms with van der Waals surface area (Å²) >= 11 is 0. The average Bonchev–Trinajstić information content (AvgIpc) is 2.60. The van der Waals surface area contributed by atoms with E-state index in [-0.39, 0.29) is 18.3 Å². The van der Waals surface area contributed by atoms with Crippen molar-refractivity contribution in [3.63, 3.8) is 0 Å². The number of nitrogens with one attached hydrogen (secondary N) is 1. The van der Waals surface area contributed by atoms with Crippen LogP contribution in [0, 0.1) is 0 Å². The Morgan fingerprint density at radius 1 is 1.86 bits per heavy atom. The van der Waals surface area contributed by atoms with Crippen LogP contribution in [-0.4, -0.2) is 33.3 Å². The van der Waals surface area contributed by atoms with Crippen LogP contribution in [0.4, 0.5) is 0 Å². The standard InChI is InChI=1S/C7H11N5O2/c1-12-4-5(2-10-12)7(13)9-3-6(8)11-14/h2,4,14H,3H2,1H3,(H2,8,11)(H,9,13). The van der Waals surface area contributed by atoms with Gasteiger partial charge in [-0.3, -0.25) is 9.48 Å². The second-order valence-electron chi connectivity index (χ2n) is 2.68. The van der Waals surface area contributed by atoms with E-state index in [1.165, 1.54) is 10.9 Å². The molecule has 1 heterocycles. The van der Waals surface area contributed by atoms with Gasteiger partial charge >= 0.3 is 0 Å². The van der Waals surface area contributed by atoms with Gasteiger partial charge in [0.25, 0.3) is 5.91 Å².